The van der Waals surface area contributed by atoms with Crippen LogP contribution in [-0.4, -0.2) is 90.0 Å². The molecule has 2 aliphatic rings. The number of piperazine rings is 1. The second kappa shape index (κ2) is 10.8. The molecular formula is C28H29F2N7O3. The minimum absolute atomic E-state index is 0.0153. The Balaban J connectivity index is 1.42. The van der Waals surface area contributed by atoms with Gasteiger partial charge in [-0.3, -0.25) is 4.79 Å². The number of ether oxygens (including phenoxy) is 2. The van der Waals surface area contributed by atoms with E-state index in [4.69, 9.17) is 19.4 Å². The van der Waals surface area contributed by atoms with Gasteiger partial charge in [0.1, 0.15) is 11.9 Å². The number of aromatic nitrogens is 4. The van der Waals surface area contributed by atoms with Gasteiger partial charge in [0.2, 0.25) is 5.88 Å². The monoisotopic (exact) mass is 549 g/mol. The van der Waals surface area contributed by atoms with Gasteiger partial charge in [-0.15, -0.1) is 0 Å². The third kappa shape index (κ3) is 4.95. The highest BCUT2D eigenvalue weighted by molar-refractivity contribution is 5.96. The van der Waals surface area contributed by atoms with Crippen molar-refractivity contribution in [2.75, 3.05) is 58.4 Å². The van der Waals surface area contributed by atoms with Crippen LogP contribution < -0.4 is 15.0 Å². The van der Waals surface area contributed by atoms with E-state index < -0.39 is 17.5 Å². The molecule has 1 N–H and O–H groups in total. The summed E-state index contributed by atoms with van der Waals surface area (Å²) in [4.78, 5) is 26.1. The van der Waals surface area contributed by atoms with Crippen LogP contribution in [0.4, 0.5) is 14.6 Å². The number of hydrogen-bond donors (Lipinski definition) is 1. The number of carbonyl (C=O) groups is 1. The molecule has 1 amide bonds. The number of halogens is 2. The van der Waals surface area contributed by atoms with Crippen molar-refractivity contribution in [2.24, 2.45) is 0 Å². The van der Waals surface area contributed by atoms with Crippen molar-refractivity contribution in [3.63, 3.8) is 0 Å². The summed E-state index contributed by atoms with van der Waals surface area (Å²) >= 11 is 0. The Labute approximate surface area is 229 Å². The van der Waals surface area contributed by atoms with Gasteiger partial charge in [-0.2, -0.15) is 10.1 Å². The van der Waals surface area contributed by atoms with Crippen molar-refractivity contribution >= 4 is 17.4 Å². The highest BCUT2D eigenvalue weighted by atomic mass is 19.2. The number of fused-ring (bicyclic) bond motifs is 1. The van der Waals surface area contributed by atoms with Gasteiger partial charge in [-0.05, 0) is 31.3 Å². The molecule has 10 nitrogen and oxygen atoms in total. The number of nitrogens with zero attached hydrogens (tertiary/aromatic N) is 6. The zero-order valence-electron chi connectivity index (χ0n) is 22.2. The molecule has 3 aromatic heterocycles. The molecule has 0 spiro atoms. The standard InChI is InChI=1S/C28H29F2N7O3/c1-31-27(38)18-11-20(25(30)23(29)12-18)21-14-33-37-15-22(28(34-26(21)37)40-19-5-10-39-16-19)17-3-4-24(32-13-17)36-8-6-35(2)7-9-36/h3-4,11-15,19H,5-10,16H2,1-2H3,(H,31,38). The molecule has 2 fully saturated rings. The molecule has 208 valence electrons. The highest BCUT2D eigenvalue weighted by Gasteiger charge is 2.24. The molecule has 0 bridgehead atoms. The lowest BCUT2D eigenvalue weighted by atomic mass is 10.0. The minimum Gasteiger partial charge on any atom is -0.471 e. The average molecular weight is 550 g/mol. The molecule has 4 aromatic rings. The van der Waals surface area contributed by atoms with Crippen LogP contribution in [0.15, 0.2) is 42.9 Å². The summed E-state index contributed by atoms with van der Waals surface area (Å²) in [6.07, 6.45) is 5.41. The predicted octanol–water partition coefficient (Wildman–Crippen LogP) is 3.02. The van der Waals surface area contributed by atoms with Gasteiger partial charge in [0.25, 0.3) is 5.91 Å². The third-order valence-corrected chi connectivity index (χ3v) is 7.32. The van der Waals surface area contributed by atoms with Crippen LogP contribution in [0.5, 0.6) is 5.88 Å². The average Bonchev–Trinajstić information content (AvgIpc) is 3.64. The number of nitrogens with one attached hydrogen (secondary N) is 1. The largest absolute Gasteiger partial charge is 0.471 e. The van der Waals surface area contributed by atoms with E-state index in [1.165, 1.54) is 23.8 Å². The fraction of sp³-hybridized carbons (Fsp3) is 0.357. The Morgan fingerprint density at radius 3 is 2.62 bits per heavy atom. The third-order valence-electron chi connectivity index (χ3n) is 7.32. The molecule has 0 saturated carbocycles. The number of amides is 1. The Morgan fingerprint density at radius 2 is 1.93 bits per heavy atom. The van der Waals surface area contributed by atoms with E-state index in [0.717, 1.165) is 43.6 Å². The van der Waals surface area contributed by atoms with Crippen LogP contribution in [0.25, 0.3) is 27.9 Å². The molecule has 40 heavy (non-hydrogen) atoms. The lowest BCUT2D eigenvalue weighted by Gasteiger charge is -2.33. The molecule has 0 radical (unpaired) electrons. The van der Waals surface area contributed by atoms with Crippen LogP contribution in [0.1, 0.15) is 16.8 Å². The highest BCUT2D eigenvalue weighted by Crippen LogP contribution is 2.35. The van der Waals surface area contributed by atoms with E-state index in [1.54, 1.807) is 12.4 Å². The normalized spacial score (nSPS) is 17.9. The van der Waals surface area contributed by atoms with E-state index in [2.05, 4.69) is 27.3 Å². The molecule has 12 heteroatoms. The number of pyridine rings is 1. The first kappa shape index (κ1) is 26.1. The molecule has 0 aliphatic carbocycles. The van der Waals surface area contributed by atoms with Crippen molar-refractivity contribution in [2.45, 2.75) is 12.5 Å². The topological polar surface area (TPSA) is 97.1 Å². The van der Waals surface area contributed by atoms with E-state index in [-0.39, 0.29) is 28.4 Å². The van der Waals surface area contributed by atoms with Gasteiger partial charge in [0.05, 0.1) is 25.0 Å². The van der Waals surface area contributed by atoms with Crippen LogP contribution in [0, 0.1) is 11.6 Å². The van der Waals surface area contributed by atoms with Gasteiger partial charge in [-0.1, -0.05) is 0 Å². The number of benzene rings is 1. The Hall–Kier alpha value is -4.16. The molecule has 2 aliphatic heterocycles. The van der Waals surface area contributed by atoms with E-state index in [0.29, 0.717) is 31.1 Å². The van der Waals surface area contributed by atoms with Crippen molar-refractivity contribution < 1.29 is 23.0 Å². The van der Waals surface area contributed by atoms with E-state index in [9.17, 15) is 13.6 Å². The van der Waals surface area contributed by atoms with Gasteiger partial charge in [-0.25, -0.2) is 18.3 Å². The molecule has 1 atom stereocenters. The maximum atomic E-state index is 15.0. The SMILES string of the molecule is CNC(=O)c1cc(F)c(F)c(-c2cnn3cc(-c4ccc(N5CCN(C)CC5)nc4)c(OC4CCOC4)nc23)c1. The number of carbonyl (C=O) groups excluding carboxylic acids is 1. The Kier molecular flexibility index (Phi) is 7.03. The van der Waals surface area contributed by atoms with Crippen LogP contribution >= 0.6 is 0 Å². The van der Waals surface area contributed by atoms with Gasteiger partial charge >= 0.3 is 0 Å². The quantitative estimate of drug-likeness (QED) is 0.392. The lowest BCUT2D eigenvalue weighted by molar-refractivity contribution is 0.0962. The number of likely N-dealkylation sites (N-methyl/N-ethyl adjacent to an activating group) is 1. The van der Waals surface area contributed by atoms with Crippen molar-refractivity contribution in [3.05, 3.63) is 60.1 Å². The minimum atomic E-state index is -1.14. The zero-order chi connectivity index (χ0) is 27.8. The summed E-state index contributed by atoms with van der Waals surface area (Å²) in [5.41, 5.74) is 1.77. The van der Waals surface area contributed by atoms with Crippen molar-refractivity contribution in [1.29, 1.82) is 0 Å². The molecule has 5 heterocycles. The molecular weight excluding hydrogens is 520 g/mol. The predicted molar refractivity (Wildman–Crippen MR) is 145 cm³/mol. The first-order valence-corrected chi connectivity index (χ1v) is 13.2. The van der Waals surface area contributed by atoms with E-state index in [1.807, 2.05) is 12.1 Å². The van der Waals surface area contributed by atoms with E-state index >= 15 is 0 Å². The van der Waals surface area contributed by atoms with Crippen LogP contribution in [0.2, 0.25) is 0 Å². The second-order valence-electron chi connectivity index (χ2n) is 9.98. The smallest absolute Gasteiger partial charge is 0.251 e. The second-order valence-corrected chi connectivity index (χ2v) is 9.98. The van der Waals surface area contributed by atoms with Gasteiger partial charge < -0.3 is 24.6 Å². The summed E-state index contributed by atoms with van der Waals surface area (Å²) in [7, 11) is 3.53. The summed E-state index contributed by atoms with van der Waals surface area (Å²) in [6.45, 7) is 4.76. The zero-order valence-corrected chi connectivity index (χ0v) is 22.2. The van der Waals surface area contributed by atoms with Gasteiger partial charge in [0.15, 0.2) is 17.3 Å². The first-order valence-electron chi connectivity index (χ1n) is 13.2. The maximum absolute atomic E-state index is 15.0. The van der Waals surface area contributed by atoms with Gasteiger partial charge in [0, 0.05) is 74.3 Å². The Morgan fingerprint density at radius 1 is 1.10 bits per heavy atom. The maximum Gasteiger partial charge on any atom is 0.251 e. The number of hydrogen-bond acceptors (Lipinski definition) is 8. The van der Waals surface area contributed by atoms with Crippen molar-refractivity contribution in [3.8, 4) is 28.1 Å². The molecule has 6 rings (SSSR count). The van der Waals surface area contributed by atoms with Crippen molar-refractivity contribution in [1.82, 2.24) is 29.8 Å². The lowest BCUT2D eigenvalue weighted by Crippen LogP contribution is -2.44. The summed E-state index contributed by atoms with van der Waals surface area (Å²) < 4.78 is 42.7. The van der Waals surface area contributed by atoms with Crippen LogP contribution in [-0.2, 0) is 4.74 Å². The Bertz CT molecular complexity index is 1550. The fourth-order valence-electron chi connectivity index (χ4n) is 4.97. The molecule has 2 saturated heterocycles. The number of anilines is 1. The molecule has 1 aromatic carbocycles. The molecule has 1 unspecified atom stereocenters. The summed E-state index contributed by atoms with van der Waals surface area (Å²) in [5, 5.41) is 6.80. The number of rotatable bonds is 6. The first-order chi connectivity index (χ1) is 19.4. The summed E-state index contributed by atoms with van der Waals surface area (Å²) in [5.74, 6) is -1.57. The van der Waals surface area contributed by atoms with Crippen LogP contribution in [0.3, 0.4) is 0 Å². The fourth-order valence-corrected chi connectivity index (χ4v) is 4.97. The summed E-state index contributed by atoms with van der Waals surface area (Å²) in [6, 6.07) is 6.09.